The molecule has 27 heavy (non-hydrogen) atoms. The molecule has 0 aliphatic rings. The average Bonchev–Trinajstić information content (AvgIpc) is 2.64. The van der Waals surface area contributed by atoms with Crippen LogP contribution in [0.3, 0.4) is 0 Å². The Morgan fingerprint density at radius 1 is 0.926 bits per heavy atom. The van der Waals surface area contributed by atoms with Crippen LogP contribution in [0.4, 0.5) is 5.69 Å². The first-order valence-electron chi connectivity index (χ1n) is 8.48. The summed E-state index contributed by atoms with van der Waals surface area (Å²) in [5.74, 6) is 1.06. The monoisotopic (exact) mass is 374 g/mol. The fraction of sp³-hybridized carbons (Fsp3) is 0.0952. The van der Waals surface area contributed by atoms with Gasteiger partial charge < -0.3 is 10.5 Å². The molecule has 0 saturated carbocycles. The summed E-state index contributed by atoms with van der Waals surface area (Å²) in [6.45, 7) is 4.05. The molecule has 134 valence electrons. The van der Waals surface area contributed by atoms with Crippen molar-refractivity contribution in [3.05, 3.63) is 72.2 Å². The number of ether oxygens (including phenoxy) is 1. The molecule has 2 aromatic carbocycles. The van der Waals surface area contributed by atoms with Crippen molar-refractivity contribution >= 4 is 28.4 Å². The normalized spacial score (nSPS) is 10.9. The molecule has 0 bridgehead atoms. The molecule has 5 nitrogen and oxygen atoms in total. The maximum absolute atomic E-state index is 6.31. The number of aryl methyl sites for hydroxylation is 2. The Kier molecular flexibility index (Phi) is 4.64. The number of fused-ring (bicyclic) bond motifs is 1. The SMILES string of the molecule is Cc1cc(C)cc(Oc2ncnc(Sc3cccc4cccnc34)c2N)c1. The molecule has 0 unspecified atom stereocenters. The molecule has 0 aliphatic carbocycles. The van der Waals surface area contributed by atoms with E-state index in [1.54, 1.807) is 6.20 Å². The number of nitrogen functional groups attached to an aromatic ring is 1. The molecule has 2 heterocycles. The number of nitrogens with zero attached hydrogens (tertiary/aromatic N) is 3. The van der Waals surface area contributed by atoms with Gasteiger partial charge >= 0.3 is 0 Å². The molecule has 0 spiro atoms. The van der Waals surface area contributed by atoms with Gasteiger partial charge in [0, 0.05) is 16.5 Å². The van der Waals surface area contributed by atoms with Crippen LogP contribution in [0.25, 0.3) is 10.9 Å². The number of hydrogen-bond acceptors (Lipinski definition) is 6. The van der Waals surface area contributed by atoms with Crippen LogP contribution >= 0.6 is 11.8 Å². The summed E-state index contributed by atoms with van der Waals surface area (Å²) in [5.41, 5.74) is 9.88. The highest BCUT2D eigenvalue weighted by Crippen LogP contribution is 2.38. The Labute approximate surface area is 161 Å². The number of pyridine rings is 1. The summed E-state index contributed by atoms with van der Waals surface area (Å²) < 4.78 is 5.93. The molecule has 0 saturated heterocycles. The second kappa shape index (κ2) is 7.25. The van der Waals surface area contributed by atoms with Gasteiger partial charge in [0.1, 0.15) is 22.8 Å². The number of benzene rings is 2. The van der Waals surface area contributed by atoms with E-state index in [1.165, 1.54) is 18.1 Å². The van der Waals surface area contributed by atoms with E-state index in [0.717, 1.165) is 26.9 Å². The van der Waals surface area contributed by atoms with Gasteiger partial charge in [-0.25, -0.2) is 4.98 Å². The molecule has 0 atom stereocenters. The summed E-state index contributed by atoms with van der Waals surface area (Å²) >= 11 is 1.46. The smallest absolute Gasteiger partial charge is 0.247 e. The summed E-state index contributed by atoms with van der Waals surface area (Å²) in [6, 6.07) is 16.0. The van der Waals surface area contributed by atoms with Crippen molar-refractivity contribution in [1.82, 2.24) is 15.0 Å². The minimum Gasteiger partial charge on any atom is -0.437 e. The maximum Gasteiger partial charge on any atom is 0.247 e. The van der Waals surface area contributed by atoms with E-state index in [-0.39, 0.29) is 0 Å². The van der Waals surface area contributed by atoms with Crippen molar-refractivity contribution in [2.24, 2.45) is 0 Å². The van der Waals surface area contributed by atoms with Gasteiger partial charge in [-0.2, -0.15) is 4.98 Å². The molecule has 0 amide bonds. The average molecular weight is 374 g/mol. The largest absolute Gasteiger partial charge is 0.437 e. The molecule has 0 aliphatic heterocycles. The van der Waals surface area contributed by atoms with Crippen LogP contribution in [0.2, 0.25) is 0 Å². The molecule has 6 heteroatoms. The first-order valence-corrected chi connectivity index (χ1v) is 9.30. The molecule has 4 aromatic rings. The summed E-state index contributed by atoms with van der Waals surface area (Å²) in [6.07, 6.45) is 3.25. The standard InChI is InChI=1S/C21H18N4OS/c1-13-9-14(2)11-16(10-13)26-20-18(22)21(25-12-24-20)27-17-7-3-5-15-6-4-8-23-19(15)17/h3-12H,22H2,1-2H3. The summed E-state index contributed by atoms with van der Waals surface area (Å²) in [7, 11) is 0. The molecule has 0 radical (unpaired) electrons. The van der Waals surface area contributed by atoms with Gasteiger partial charge in [-0.3, -0.25) is 4.98 Å². The van der Waals surface area contributed by atoms with Gasteiger partial charge in [0.15, 0.2) is 0 Å². The Morgan fingerprint density at radius 2 is 1.70 bits per heavy atom. The predicted molar refractivity (Wildman–Crippen MR) is 108 cm³/mol. The van der Waals surface area contributed by atoms with Crippen molar-refractivity contribution in [3.63, 3.8) is 0 Å². The van der Waals surface area contributed by atoms with Gasteiger partial charge in [0.25, 0.3) is 0 Å². The third-order valence-electron chi connectivity index (χ3n) is 4.02. The number of nitrogens with two attached hydrogens (primary N) is 1. The van der Waals surface area contributed by atoms with Crippen LogP contribution in [0.15, 0.2) is 71.0 Å². The Bertz CT molecular complexity index is 1100. The fourth-order valence-electron chi connectivity index (χ4n) is 2.89. The van der Waals surface area contributed by atoms with E-state index in [0.29, 0.717) is 22.3 Å². The molecule has 0 fully saturated rings. The van der Waals surface area contributed by atoms with Crippen LogP contribution in [-0.2, 0) is 0 Å². The topological polar surface area (TPSA) is 73.9 Å². The lowest BCUT2D eigenvalue weighted by atomic mass is 10.1. The lowest BCUT2D eigenvalue weighted by Gasteiger charge is -2.11. The fourth-order valence-corrected chi connectivity index (χ4v) is 3.81. The summed E-state index contributed by atoms with van der Waals surface area (Å²) in [5, 5.41) is 1.71. The lowest BCUT2D eigenvalue weighted by Crippen LogP contribution is -1.99. The van der Waals surface area contributed by atoms with Gasteiger partial charge in [-0.1, -0.05) is 36.0 Å². The minimum absolute atomic E-state index is 0.352. The Balaban J connectivity index is 1.67. The second-order valence-electron chi connectivity index (χ2n) is 6.26. The van der Waals surface area contributed by atoms with Gasteiger partial charge in [0.2, 0.25) is 5.88 Å². The molecular formula is C21H18N4OS. The van der Waals surface area contributed by atoms with E-state index in [2.05, 4.69) is 21.0 Å². The van der Waals surface area contributed by atoms with Gasteiger partial charge in [-0.05, 0) is 49.2 Å². The lowest BCUT2D eigenvalue weighted by molar-refractivity contribution is 0.461. The maximum atomic E-state index is 6.31. The van der Waals surface area contributed by atoms with Crippen LogP contribution in [0.5, 0.6) is 11.6 Å². The van der Waals surface area contributed by atoms with E-state index >= 15 is 0 Å². The Morgan fingerprint density at radius 3 is 2.52 bits per heavy atom. The number of anilines is 1. The highest BCUT2D eigenvalue weighted by Gasteiger charge is 2.14. The van der Waals surface area contributed by atoms with E-state index in [9.17, 15) is 0 Å². The highest BCUT2D eigenvalue weighted by molar-refractivity contribution is 7.99. The summed E-state index contributed by atoms with van der Waals surface area (Å²) in [4.78, 5) is 14.0. The quantitative estimate of drug-likeness (QED) is 0.497. The van der Waals surface area contributed by atoms with Crippen molar-refractivity contribution < 1.29 is 4.74 Å². The second-order valence-corrected chi connectivity index (χ2v) is 7.29. The van der Waals surface area contributed by atoms with E-state index in [4.69, 9.17) is 10.5 Å². The number of aromatic nitrogens is 3. The van der Waals surface area contributed by atoms with E-state index in [1.807, 2.05) is 56.3 Å². The van der Waals surface area contributed by atoms with Gasteiger partial charge in [0.05, 0.1) is 5.52 Å². The van der Waals surface area contributed by atoms with Crippen LogP contribution in [0, 0.1) is 13.8 Å². The molecule has 4 rings (SSSR count). The zero-order chi connectivity index (χ0) is 18.8. The Hall–Kier alpha value is -3.12. The van der Waals surface area contributed by atoms with Crippen LogP contribution in [0.1, 0.15) is 11.1 Å². The van der Waals surface area contributed by atoms with Crippen LogP contribution < -0.4 is 10.5 Å². The number of para-hydroxylation sites is 1. The van der Waals surface area contributed by atoms with E-state index < -0.39 is 0 Å². The third kappa shape index (κ3) is 3.71. The molecule has 2 N–H and O–H groups in total. The zero-order valence-corrected chi connectivity index (χ0v) is 15.8. The number of hydrogen-bond donors (Lipinski definition) is 1. The van der Waals surface area contributed by atoms with Gasteiger partial charge in [-0.15, -0.1) is 0 Å². The zero-order valence-electron chi connectivity index (χ0n) is 15.0. The van der Waals surface area contributed by atoms with Crippen LogP contribution in [-0.4, -0.2) is 15.0 Å². The predicted octanol–water partition coefficient (Wildman–Crippen LogP) is 5.17. The van der Waals surface area contributed by atoms with Crippen molar-refractivity contribution in [3.8, 4) is 11.6 Å². The molecular weight excluding hydrogens is 356 g/mol. The third-order valence-corrected chi connectivity index (χ3v) is 5.09. The minimum atomic E-state index is 0.352. The van der Waals surface area contributed by atoms with Crippen molar-refractivity contribution in [2.45, 2.75) is 23.8 Å². The number of rotatable bonds is 4. The molecule has 2 aromatic heterocycles. The van der Waals surface area contributed by atoms with Crippen molar-refractivity contribution in [1.29, 1.82) is 0 Å². The first-order chi connectivity index (χ1) is 13.1. The highest BCUT2D eigenvalue weighted by atomic mass is 32.2. The van der Waals surface area contributed by atoms with Crippen molar-refractivity contribution in [2.75, 3.05) is 5.73 Å². The first kappa shape index (κ1) is 17.3.